The largest absolute Gasteiger partial charge is 0.479 e. The zero-order valence-electron chi connectivity index (χ0n) is 14.3. The van der Waals surface area contributed by atoms with E-state index in [1.54, 1.807) is 25.1 Å². The Bertz CT molecular complexity index is 770. The molecule has 0 unspecified atom stereocenters. The van der Waals surface area contributed by atoms with Crippen molar-refractivity contribution in [3.8, 4) is 5.75 Å². The van der Waals surface area contributed by atoms with Crippen LogP contribution in [0.1, 0.15) is 44.3 Å². The van der Waals surface area contributed by atoms with Gasteiger partial charge < -0.3 is 10.1 Å². The number of nitrogens with one attached hydrogen (secondary N) is 1. The van der Waals surface area contributed by atoms with E-state index in [2.05, 4.69) is 10.4 Å². The number of nitrogens with zero attached hydrogens (tertiary/aromatic N) is 2. The van der Waals surface area contributed by atoms with E-state index >= 15 is 0 Å². The van der Waals surface area contributed by atoms with Crippen LogP contribution in [0.15, 0.2) is 24.3 Å². The summed E-state index contributed by atoms with van der Waals surface area (Å²) in [5.74, 6) is 0.895. The average Bonchev–Trinajstić information content (AvgIpc) is 3.19. The molecule has 5 nitrogen and oxygen atoms in total. The molecule has 0 saturated heterocycles. The molecule has 1 atom stereocenters. The fraction of sp³-hybridized carbons (Fsp3) is 0.444. The minimum Gasteiger partial charge on any atom is -0.479 e. The highest BCUT2D eigenvalue weighted by molar-refractivity contribution is 6.35. The van der Waals surface area contributed by atoms with Gasteiger partial charge in [0.2, 0.25) is 0 Å². The van der Waals surface area contributed by atoms with Gasteiger partial charge in [0, 0.05) is 11.1 Å². The van der Waals surface area contributed by atoms with Gasteiger partial charge in [-0.25, -0.2) is 4.68 Å². The standard InChI is InChI=1S/C18H21Cl2N3O2/c1-11-9-17(23(22-11)14-5-3-4-6-14)21-18(24)12(2)25-16-8-7-13(19)10-15(16)20/h7-10,12,14H,3-6H2,1-2H3,(H,21,24)/t12-/m1/s1. The molecule has 1 saturated carbocycles. The minimum absolute atomic E-state index is 0.245. The number of aromatic nitrogens is 2. The first kappa shape index (κ1) is 18.1. The molecule has 1 heterocycles. The van der Waals surface area contributed by atoms with Gasteiger partial charge in [0.1, 0.15) is 11.6 Å². The number of carbonyl (C=O) groups excluding carboxylic acids is 1. The molecule has 1 amide bonds. The van der Waals surface area contributed by atoms with Crippen molar-refractivity contribution in [1.29, 1.82) is 0 Å². The highest BCUT2D eigenvalue weighted by Crippen LogP contribution is 2.32. The molecule has 0 radical (unpaired) electrons. The van der Waals surface area contributed by atoms with E-state index in [-0.39, 0.29) is 5.91 Å². The first-order chi connectivity index (χ1) is 11.9. The van der Waals surface area contributed by atoms with Gasteiger partial charge in [-0.1, -0.05) is 36.0 Å². The summed E-state index contributed by atoms with van der Waals surface area (Å²) in [6.07, 6.45) is 3.88. The highest BCUT2D eigenvalue weighted by Gasteiger charge is 2.23. The molecule has 134 valence electrons. The highest BCUT2D eigenvalue weighted by atomic mass is 35.5. The van der Waals surface area contributed by atoms with Gasteiger partial charge in [0.05, 0.1) is 16.8 Å². The van der Waals surface area contributed by atoms with Gasteiger partial charge in [0.25, 0.3) is 5.91 Å². The van der Waals surface area contributed by atoms with Gasteiger partial charge in [-0.3, -0.25) is 4.79 Å². The van der Waals surface area contributed by atoms with Crippen molar-refractivity contribution in [2.45, 2.75) is 51.7 Å². The lowest BCUT2D eigenvalue weighted by Crippen LogP contribution is -2.31. The van der Waals surface area contributed by atoms with E-state index in [0.29, 0.717) is 27.7 Å². The van der Waals surface area contributed by atoms with E-state index in [9.17, 15) is 4.79 Å². The molecule has 1 aromatic carbocycles. The lowest BCUT2D eigenvalue weighted by Gasteiger charge is -2.18. The van der Waals surface area contributed by atoms with Gasteiger partial charge in [-0.05, 0) is 44.9 Å². The molecule has 0 aliphatic heterocycles. The van der Waals surface area contributed by atoms with Crippen LogP contribution in [-0.4, -0.2) is 21.8 Å². The fourth-order valence-electron chi connectivity index (χ4n) is 3.08. The Balaban J connectivity index is 1.69. The molecule has 1 aliphatic rings. The van der Waals surface area contributed by atoms with E-state index < -0.39 is 6.10 Å². The lowest BCUT2D eigenvalue weighted by molar-refractivity contribution is -0.122. The Kier molecular flexibility index (Phi) is 5.54. The van der Waals surface area contributed by atoms with Crippen LogP contribution in [0.2, 0.25) is 10.0 Å². The number of ether oxygens (including phenoxy) is 1. The summed E-state index contributed by atoms with van der Waals surface area (Å²) in [4.78, 5) is 12.5. The number of halogens is 2. The van der Waals surface area contributed by atoms with Crippen LogP contribution in [0.3, 0.4) is 0 Å². The molecule has 1 aliphatic carbocycles. The molecule has 0 spiro atoms. The van der Waals surface area contributed by atoms with E-state index in [1.807, 2.05) is 17.7 Å². The molecular weight excluding hydrogens is 361 g/mol. The molecule has 1 aromatic heterocycles. The maximum absolute atomic E-state index is 12.5. The monoisotopic (exact) mass is 381 g/mol. The van der Waals surface area contributed by atoms with Crippen LogP contribution >= 0.6 is 23.2 Å². The quantitative estimate of drug-likeness (QED) is 0.790. The molecule has 1 N–H and O–H groups in total. The first-order valence-electron chi connectivity index (χ1n) is 8.43. The van der Waals surface area contributed by atoms with Crippen LogP contribution in [0, 0.1) is 6.92 Å². The van der Waals surface area contributed by atoms with Crippen LogP contribution < -0.4 is 10.1 Å². The van der Waals surface area contributed by atoms with Gasteiger partial charge in [0.15, 0.2) is 6.10 Å². The van der Waals surface area contributed by atoms with Crippen LogP contribution in [0.25, 0.3) is 0 Å². The molecule has 0 bridgehead atoms. The predicted octanol–water partition coefficient (Wildman–Crippen LogP) is 5.02. The summed E-state index contributed by atoms with van der Waals surface area (Å²) in [6.45, 7) is 3.61. The van der Waals surface area contributed by atoms with Crippen molar-refractivity contribution in [1.82, 2.24) is 9.78 Å². The Morgan fingerprint density at radius 1 is 1.32 bits per heavy atom. The third kappa shape index (κ3) is 4.28. The molecule has 25 heavy (non-hydrogen) atoms. The second-order valence-corrected chi connectivity index (χ2v) is 7.22. The Labute approximate surface area is 157 Å². The Hall–Kier alpha value is -1.72. The maximum atomic E-state index is 12.5. The smallest absolute Gasteiger partial charge is 0.266 e. The summed E-state index contributed by atoms with van der Waals surface area (Å²) in [7, 11) is 0. The zero-order chi connectivity index (χ0) is 18.0. The SMILES string of the molecule is Cc1cc(NC(=O)[C@@H](C)Oc2ccc(Cl)cc2Cl)n(C2CCCC2)n1. The van der Waals surface area contributed by atoms with E-state index in [4.69, 9.17) is 27.9 Å². The van der Waals surface area contributed by atoms with Crippen molar-refractivity contribution in [3.05, 3.63) is 40.0 Å². The summed E-state index contributed by atoms with van der Waals surface area (Å²) < 4.78 is 7.61. The molecule has 1 fully saturated rings. The van der Waals surface area contributed by atoms with Gasteiger partial charge >= 0.3 is 0 Å². The second-order valence-electron chi connectivity index (χ2n) is 6.38. The number of anilines is 1. The Morgan fingerprint density at radius 2 is 2.04 bits per heavy atom. The molecular formula is C18H21Cl2N3O2. The van der Waals surface area contributed by atoms with Crippen LogP contribution in [0.4, 0.5) is 5.82 Å². The van der Waals surface area contributed by atoms with Gasteiger partial charge in [-0.15, -0.1) is 0 Å². The topological polar surface area (TPSA) is 56.1 Å². The number of hydrogen-bond donors (Lipinski definition) is 1. The van der Waals surface area contributed by atoms with Crippen molar-refractivity contribution in [3.63, 3.8) is 0 Å². The van der Waals surface area contributed by atoms with E-state index in [0.717, 1.165) is 18.5 Å². The number of rotatable bonds is 5. The minimum atomic E-state index is -0.703. The van der Waals surface area contributed by atoms with Crippen molar-refractivity contribution >= 4 is 34.9 Å². The van der Waals surface area contributed by atoms with Crippen molar-refractivity contribution < 1.29 is 9.53 Å². The van der Waals surface area contributed by atoms with Gasteiger partial charge in [-0.2, -0.15) is 5.10 Å². The van der Waals surface area contributed by atoms with Crippen molar-refractivity contribution in [2.75, 3.05) is 5.32 Å². The normalized spacial score (nSPS) is 16.0. The number of carbonyl (C=O) groups is 1. The Morgan fingerprint density at radius 3 is 2.72 bits per heavy atom. The molecule has 7 heteroatoms. The van der Waals surface area contributed by atoms with Crippen LogP contribution in [0.5, 0.6) is 5.75 Å². The summed E-state index contributed by atoms with van der Waals surface area (Å²) in [6, 6.07) is 7.15. The fourth-order valence-corrected chi connectivity index (χ4v) is 3.53. The van der Waals surface area contributed by atoms with Crippen LogP contribution in [-0.2, 0) is 4.79 Å². The second kappa shape index (κ2) is 7.67. The summed E-state index contributed by atoms with van der Waals surface area (Å²) in [5.41, 5.74) is 0.886. The number of hydrogen-bond acceptors (Lipinski definition) is 3. The number of amides is 1. The molecule has 3 rings (SSSR count). The number of aryl methyl sites for hydroxylation is 1. The lowest BCUT2D eigenvalue weighted by atomic mass is 10.2. The third-order valence-electron chi connectivity index (χ3n) is 4.35. The number of benzene rings is 1. The zero-order valence-corrected chi connectivity index (χ0v) is 15.8. The maximum Gasteiger partial charge on any atom is 0.266 e. The van der Waals surface area contributed by atoms with Crippen molar-refractivity contribution in [2.24, 2.45) is 0 Å². The predicted molar refractivity (Wildman–Crippen MR) is 99.7 cm³/mol. The summed E-state index contributed by atoms with van der Waals surface area (Å²) in [5, 5.41) is 8.36. The molecule has 2 aromatic rings. The first-order valence-corrected chi connectivity index (χ1v) is 9.18. The summed E-state index contributed by atoms with van der Waals surface area (Å²) >= 11 is 12.0. The van der Waals surface area contributed by atoms with E-state index in [1.165, 1.54) is 12.8 Å². The average molecular weight is 382 g/mol. The third-order valence-corrected chi connectivity index (χ3v) is 4.88.